The summed E-state index contributed by atoms with van der Waals surface area (Å²) in [5.41, 5.74) is 1.72. The Balaban J connectivity index is 1.96. The van der Waals surface area contributed by atoms with Gasteiger partial charge in [-0.1, -0.05) is 18.2 Å². The summed E-state index contributed by atoms with van der Waals surface area (Å²) >= 11 is 0. The van der Waals surface area contributed by atoms with Crippen LogP contribution in [0.5, 0.6) is 11.5 Å². The Bertz CT molecular complexity index is 966. The fourth-order valence-electron chi connectivity index (χ4n) is 3.32. The quantitative estimate of drug-likeness (QED) is 0.586. The van der Waals surface area contributed by atoms with Crippen LogP contribution in [0, 0.1) is 0 Å². The molecule has 164 valence electrons. The van der Waals surface area contributed by atoms with Crippen LogP contribution in [0.25, 0.3) is 5.57 Å². The Morgan fingerprint density at radius 3 is 2.35 bits per heavy atom. The van der Waals surface area contributed by atoms with Crippen molar-refractivity contribution in [3.8, 4) is 11.5 Å². The second-order valence-electron chi connectivity index (χ2n) is 7.21. The standard InChI is InChI=1S/C24H28N2O5/c1-5-30-18-12-10-17(11-13-18)25-22-21(19-8-6-7-9-20(19)29-4)23(27)26(24(22)28)14-15-31-16(2)3/h6-13,16,25H,5,14-15H2,1-4H3. The predicted octanol–water partition coefficient (Wildman–Crippen LogP) is 3.71. The Hall–Kier alpha value is -3.32. The van der Waals surface area contributed by atoms with Gasteiger partial charge in [0.05, 0.1) is 38.5 Å². The van der Waals surface area contributed by atoms with Crippen LogP contribution >= 0.6 is 0 Å². The van der Waals surface area contributed by atoms with Gasteiger partial charge < -0.3 is 19.5 Å². The van der Waals surface area contributed by atoms with E-state index in [1.807, 2.05) is 45.0 Å². The molecule has 0 aromatic heterocycles. The highest BCUT2D eigenvalue weighted by atomic mass is 16.5. The van der Waals surface area contributed by atoms with Gasteiger partial charge in [-0.3, -0.25) is 14.5 Å². The van der Waals surface area contributed by atoms with Crippen LogP contribution in [0.1, 0.15) is 26.3 Å². The van der Waals surface area contributed by atoms with Gasteiger partial charge in [0, 0.05) is 11.3 Å². The number of para-hydroxylation sites is 1. The molecule has 2 amide bonds. The van der Waals surface area contributed by atoms with Gasteiger partial charge >= 0.3 is 0 Å². The largest absolute Gasteiger partial charge is 0.496 e. The number of carbonyl (C=O) groups is 2. The summed E-state index contributed by atoms with van der Waals surface area (Å²) < 4.78 is 16.5. The van der Waals surface area contributed by atoms with Crippen LogP contribution in [0.3, 0.4) is 0 Å². The van der Waals surface area contributed by atoms with Crippen LogP contribution in [0.2, 0.25) is 0 Å². The lowest BCUT2D eigenvalue weighted by molar-refractivity contribution is -0.137. The molecule has 1 aliphatic heterocycles. The van der Waals surface area contributed by atoms with Crippen molar-refractivity contribution in [3.05, 3.63) is 59.8 Å². The van der Waals surface area contributed by atoms with E-state index in [0.717, 1.165) is 5.75 Å². The Morgan fingerprint density at radius 1 is 1.00 bits per heavy atom. The third-order valence-electron chi connectivity index (χ3n) is 4.75. The molecule has 0 saturated carbocycles. The molecule has 1 aliphatic rings. The summed E-state index contributed by atoms with van der Waals surface area (Å²) in [5, 5.41) is 3.14. The molecule has 31 heavy (non-hydrogen) atoms. The maximum absolute atomic E-state index is 13.3. The van der Waals surface area contributed by atoms with Crippen molar-refractivity contribution in [3.63, 3.8) is 0 Å². The third-order valence-corrected chi connectivity index (χ3v) is 4.75. The van der Waals surface area contributed by atoms with E-state index in [1.165, 1.54) is 12.0 Å². The molecule has 2 aromatic rings. The van der Waals surface area contributed by atoms with Gasteiger partial charge in [0.2, 0.25) is 0 Å². The second-order valence-corrected chi connectivity index (χ2v) is 7.21. The second kappa shape index (κ2) is 10.1. The number of ether oxygens (including phenoxy) is 3. The van der Waals surface area contributed by atoms with Crippen LogP contribution in [-0.2, 0) is 14.3 Å². The summed E-state index contributed by atoms with van der Waals surface area (Å²) in [7, 11) is 1.54. The molecule has 0 spiro atoms. The van der Waals surface area contributed by atoms with E-state index in [4.69, 9.17) is 14.2 Å². The molecule has 7 heteroatoms. The van der Waals surface area contributed by atoms with Crippen LogP contribution in [0.4, 0.5) is 5.69 Å². The number of benzene rings is 2. The van der Waals surface area contributed by atoms with Crippen LogP contribution < -0.4 is 14.8 Å². The van der Waals surface area contributed by atoms with E-state index in [2.05, 4.69) is 5.32 Å². The minimum absolute atomic E-state index is 0.0101. The SMILES string of the molecule is CCOc1ccc(NC2=C(c3ccccc3OC)C(=O)N(CCOC(C)C)C2=O)cc1. The summed E-state index contributed by atoms with van der Waals surface area (Å²) in [5.74, 6) is 0.473. The zero-order chi connectivity index (χ0) is 22.4. The number of nitrogens with zero attached hydrogens (tertiary/aromatic N) is 1. The van der Waals surface area contributed by atoms with Gasteiger partial charge in [0.1, 0.15) is 17.2 Å². The normalized spacial score (nSPS) is 13.9. The molecule has 0 fully saturated rings. The van der Waals surface area contributed by atoms with Crippen molar-refractivity contribution >= 4 is 23.1 Å². The summed E-state index contributed by atoms with van der Waals surface area (Å²) in [6, 6.07) is 14.4. The topological polar surface area (TPSA) is 77.1 Å². The molecule has 3 rings (SSSR count). The van der Waals surface area contributed by atoms with Gasteiger partial charge in [0.15, 0.2) is 0 Å². The number of anilines is 1. The van der Waals surface area contributed by atoms with E-state index in [1.54, 1.807) is 24.3 Å². The number of imide groups is 1. The van der Waals surface area contributed by atoms with Gasteiger partial charge in [0.25, 0.3) is 11.8 Å². The van der Waals surface area contributed by atoms with E-state index in [9.17, 15) is 9.59 Å². The number of rotatable bonds is 10. The third kappa shape index (κ3) is 5.06. The number of carbonyl (C=O) groups excluding carboxylic acids is 2. The van der Waals surface area contributed by atoms with Gasteiger partial charge in [-0.25, -0.2) is 0 Å². The average Bonchev–Trinajstić information content (AvgIpc) is 2.99. The smallest absolute Gasteiger partial charge is 0.278 e. The molecular formula is C24H28N2O5. The lowest BCUT2D eigenvalue weighted by atomic mass is 10.0. The van der Waals surface area contributed by atoms with Crippen molar-refractivity contribution in [1.29, 1.82) is 0 Å². The first-order valence-electron chi connectivity index (χ1n) is 10.3. The zero-order valence-corrected chi connectivity index (χ0v) is 18.3. The number of methoxy groups -OCH3 is 1. The van der Waals surface area contributed by atoms with E-state index >= 15 is 0 Å². The van der Waals surface area contributed by atoms with Crippen molar-refractivity contribution in [2.24, 2.45) is 0 Å². The molecule has 0 bridgehead atoms. The first-order valence-corrected chi connectivity index (χ1v) is 10.3. The Labute approximate surface area is 182 Å². The van der Waals surface area contributed by atoms with Gasteiger partial charge in [-0.05, 0) is 51.1 Å². The van der Waals surface area contributed by atoms with Crippen molar-refractivity contribution < 1.29 is 23.8 Å². The summed E-state index contributed by atoms with van der Waals surface area (Å²) in [4.78, 5) is 27.7. The molecule has 0 atom stereocenters. The minimum Gasteiger partial charge on any atom is -0.496 e. The maximum atomic E-state index is 13.3. The number of nitrogens with one attached hydrogen (secondary N) is 1. The maximum Gasteiger partial charge on any atom is 0.278 e. The first-order chi connectivity index (χ1) is 15.0. The minimum atomic E-state index is -0.396. The van der Waals surface area contributed by atoms with Gasteiger partial charge in [-0.15, -0.1) is 0 Å². The number of hydrogen-bond donors (Lipinski definition) is 1. The molecular weight excluding hydrogens is 396 g/mol. The molecule has 0 saturated heterocycles. The molecule has 0 aliphatic carbocycles. The summed E-state index contributed by atoms with van der Waals surface area (Å²) in [6.07, 6.45) is 0.0101. The molecule has 2 aromatic carbocycles. The zero-order valence-electron chi connectivity index (χ0n) is 18.3. The highest BCUT2D eigenvalue weighted by Gasteiger charge is 2.40. The lowest BCUT2D eigenvalue weighted by Gasteiger charge is -2.16. The monoisotopic (exact) mass is 424 g/mol. The van der Waals surface area contributed by atoms with Crippen LogP contribution in [0.15, 0.2) is 54.2 Å². The molecule has 0 unspecified atom stereocenters. The number of hydrogen-bond acceptors (Lipinski definition) is 6. The molecule has 0 radical (unpaired) electrons. The lowest BCUT2D eigenvalue weighted by Crippen LogP contribution is -2.35. The molecule has 7 nitrogen and oxygen atoms in total. The average molecular weight is 424 g/mol. The van der Waals surface area contributed by atoms with Gasteiger partial charge in [-0.2, -0.15) is 0 Å². The van der Waals surface area contributed by atoms with E-state index < -0.39 is 5.91 Å². The fourth-order valence-corrected chi connectivity index (χ4v) is 3.32. The highest BCUT2D eigenvalue weighted by Crippen LogP contribution is 2.35. The van der Waals surface area contributed by atoms with E-state index in [-0.39, 0.29) is 36.4 Å². The van der Waals surface area contributed by atoms with Crippen LogP contribution in [-0.4, -0.2) is 49.7 Å². The highest BCUT2D eigenvalue weighted by molar-refractivity contribution is 6.37. The van der Waals surface area contributed by atoms with E-state index in [0.29, 0.717) is 23.6 Å². The number of amides is 2. The summed E-state index contributed by atoms with van der Waals surface area (Å²) in [6.45, 7) is 6.73. The predicted molar refractivity (Wildman–Crippen MR) is 119 cm³/mol. The van der Waals surface area contributed by atoms with Crippen molar-refractivity contribution in [1.82, 2.24) is 4.90 Å². The first kappa shape index (κ1) is 22.4. The fraction of sp³-hybridized carbons (Fsp3) is 0.333. The molecule has 1 N–H and O–H groups in total. The van der Waals surface area contributed by atoms with Crippen molar-refractivity contribution in [2.75, 3.05) is 32.2 Å². The Kier molecular flexibility index (Phi) is 7.31. The van der Waals surface area contributed by atoms with Crippen molar-refractivity contribution in [2.45, 2.75) is 26.9 Å². The Morgan fingerprint density at radius 2 is 1.71 bits per heavy atom. The molecule has 1 heterocycles.